The summed E-state index contributed by atoms with van der Waals surface area (Å²) in [5.41, 5.74) is 1.55. The molecule has 3 heterocycles. The number of thioether (sulfide) groups is 1. The number of hydrogen-bond donors (Lipinski definition) is 2. The molecule has 2 aliphatic heterocycles. The van der Waals surface area contributed by atoms with Crippen LogP contribution in [0.15, 0.2) is 5.16 Å². The predicted octanol–water partition coefficient (Wildman–Crippen LogP) is 0.230. The molecule has 1 aromatic heterocycles. The smallest absolute Gasteiger partial charge is 0.344 e. The summed E-state index contributed by atoms with van der Waals surface area (Å²) in [6.07, 6.45) is 6.09. The van der Waals surface area contributed by atoms with Crippen molar-refractivity contribution in [1.29, 1.82) is 0 Å². The lowest BCUT2D eigenvalue weighted by Crippen LogP contribution is -2.51. The van der Waals surface area contributed by atoms with Gasteiger partial charge in [0, 0.05) is 6.61 Å². The molecule has 1 spiro atoms. The van der Waals surface area contributed by atoms with Crippen LogP contribution in [0.1, 0.15) is 44.9 Å². The summed E-state index contributed by atoms with van der Waals surface area (Å²) in [4.78, 5) is 37.2. The maximum atomic E-state index is 12.7. The van der Waals surface area contributed by atoms with Crippen molar-refractivity contribution in [2.45, 2.75) is 68.3 Å². The number of ether oxygens (including phenoxy) is 1. The van der Waals surface area contributed by atoms with Crippen LogP contribution in [-0.2, 0) is 20.9 Å². The first-order chi connectivity index (χ1) is 13.6. The zero-order chi connectivity index (χ0) is 19.6. The van der Waals surface area contributed by atoms with Gasteiger partial charge in [-0.3, -0.25) is 15.0 Å². The molecule has 4 rings (SSSR count). The van der Waals surface area contributed by atoms with E-state index in [9.17, 15) is 14.4 Å². The van der Waals surface area contributed by atoms with E-state index in [1.165, 1.54) is 0 Å². The number of rotatable bonds is 6. The Bertz CT molecular complexity index is 758. The normalized spacial score (nSPS) is 24.0. The first kappa shape index (κ1) is 19.1. The quantitative estimate of drug-likeness (QED) is 0.504. The molecule has 1 unspecified atom stereocenters. The Labute approximate surface area is 165 Å². The molecule has 0 aromatic carbocycles. The second-order valence-corrected chi connectivity index (χ2v) is 8.26. The molecular formula is C16H23N7O4S. The molecule has 4 amide bonds. The summed E-state index contributed by atoms with van der Waals surface area (Å²) in [5.74, 6) is -0.859. The summed E-state index contributed by atoms with van der Waals surface area (Å²) < 4.78 is 7.19. The van der Waals surface area contributed by atoms with Crippen LogP contribution in [0.2, 0.25) is 0 Å². The van der Waals surface area contributed by atoms with Gasteiger partial charge < -0.3 is 10.1 Å². The van der Waals surface area contributed by atoms with Gasteiger partial charge in [-0.05, 0) is 36.1 Å². The van der Waals surface area contributed by atoms with Crippen molar-refractivity contribution < 1.29 is 19.1 Å². The van der Waals surface area contributed by atoms with Crippen LogP contribution in [0.25, 0.3) is 0 Å². The Hall–Kier alpha value is -2.21. The number of tetrazole rings is 1. The Morgan fingerprint density at radius 1 is 1.29 bits per heavy atom. The Balaban J connectivity index is 1.31. The average Bonchev–Trinajstić information content (AvgIpc) is 3.40. The molecule has 0 bridgehead atoms. The molecule has 0 radical (unpaired) electrons. The maximum absolute atomic E-state index is 12.7. The van der Waals surface area contributed by atoms with Crippen molar-refractivity contribution in [2.24, 2.45) is 0 Å². The molecule has 2 saturated heterocycles. The Kier molecular flexibility index (Phi) is 5.49. The van der Waals surface area contributed by atoms with Crippen LogP contribution < -0.4 is 10.7 Å². The fraction of sp³-hybridized carbons (Fsp3) is 0.750. The number of aromatic nitrogens is 4. The largest absolute Gasteiger partial charge is 0.376 e. The van der Waals surface area contributed by atoms with E-state index in [-0.39, 0.29) is 17.8 Å². The number of carbonyl (C=O) groups is 3. The highest BCUT2D eigenvalue weighted by Crippen LogP contribution is 2.33. The summed E-state index contributed by atoms with van der Waals surface area (Å²) in [6, 6.07) is -0.575. The van der Waals surface area contributed by atoms with Gasteiger partial charge in [0.2, 0.25) is 11.1 Å². The monoisotopic (exact) mass is 409 g/mol. The number of amides is 4. The van der Waals surface area contributed by atoms with Gasteiger partial charge in [0.05, 0.1) is 18.4 Å². The minimum atomic E-state index is -0.860. The van der Waals surface area contributed by atoms with E-state index in [4.69, 9.17) is 4.74 Å². The van der Waals surface area contributed by atoms with Gasteiger partial charge in [0.1, 0.15) is 5.54 Å². The van der Waals surface area contributed by atoms with E-state index < -0.39 is 17.5 Å². The lowest BCUT2D eigenvalue weighted by atomic mass is 9.82. The first-order valence-electron chi connectivity index (χ1n) is 9.54. The minimum absolute atomic E-state index is 0.0179. The second-order valence-electron chi connectivity index (χ2n) is 7.32. The van der Waals surface area contributed by atoms with Crippen LogP contribution in [0.3, 0.4) is 0 Å². The fourth-order valence-corrected chi connectivity index (χ4v) is 4.58. The fourth-order valence-electron chi connectivity index (χ4n) is 3.90. The number of carbonyl (C=O) groups excluding carboxylic acids is 3. The van der Waals surface area contributed by atoms with Crippen molar-refractivity contribution >= 4 is 29.6 Å². The Morgan fingerprint density at radius 2 is 2.11 bits per heavy atom. The molecule has 152 valence electrons. The molecule has 2 N–H and O–H groups in total. The number of urea groups is 1. The molecular weight excluding hydrogens is 386 g/mol. The van der Waals surface area contributed by atoms with Crippen molar-refractivity contribution in [1.82, 2.24) is 36.0 Å². The molecule has 1 aromatic rings. The molecule has 12 heteroatoms. The molecule has 1 aliphatic carbocycles. The van der Waals surface area contributed by atoms with Crippen LogP contribution in [-0.4, -0.2) is 67.1 Å². The van der Waals surface area contributed by atoms with Gasteiger partial charge in [-0.1, -0.05) is 31.0 Å². The SMILES string of the molecule is O=C(CSc1nnnn1CC1CCCO1)NN1C(=O)NC2(CCCCC2)C1=O. The van der Waals surface area contributed by atoms with E-state index in [0.29, 0.717) is 24.5 Å². The van der Waals surface area contributed by atoms with Crippen molar-refractivity contribution in [3.63, 3.8) is 0 Å². The standard InChI is InChI=1S/C16H23N7O4S/c24-12(10-28-15-18-20-21-22(15)9-11-5-4-8-27-11)19-23-13(25)16(17-14(23)26)6-2-1-3-7-16/h11H,1-10H2,(H,17,26)(H,19,24). The van der Waals surface area contributed by atoms with Gasteiger partial charge in [0.15, 0.2) is 0 Å². The highest BCUT2D eigenvalue weighted by Gasteiger charge is 2.52. The molecule has 28 heavy (non-hydrogen) atoms. The highest BCUT2D eigenvalue weighted by atomic mass is 32.2. The van der Waals surface area contributed by atoms with Crippen LogP contribution in [0, 0.1) is 0 Å². The van der Waals surface area contributed by atoms with Crippen LogP contribution in [0.5, 0.6) is 0 Å². The van der Waals surface area contributed by atoms with Crippen LogP contribution >= 0.6 is 11.8 Å². The number of hydrazine groups is 1. The van der Waals surface area contributed by atoms with Gasteiger partial charge in [-0.2, -0.15) is 5.01 Å². The van der Waals surface area contributed by atoms with E-state index in [2.05, 4.69) is 26.3 Å². The lowest BCUT2D eigenvalue weighted by Gasteiger charge is -2.30. The van der Waals surface area contributed by atoms with Gasteiger partial charge >= 0.3 is 6.03 Å². The number of nitrogens with one attached hydrogen (secondary N) is 2. The Morgan fingerprint density at radius 3 is 2.86 bits per heavy atom. The van der Waals surface area contributed by atoms with Crippen molar-refractivity contribution in [2.75, 3.05) is 12.4 Å². The first-order valence-corrected chi connectivity index (χ1v) is 10.5. The number of hydrogen-bond acceptors (Lipinski definition) is 8. The third-order valence-electron chi connectivity index (χ3n) is 5.34. The van der Waals surface area contributed by atoms with Crippen molar-refractivity contribution in [3.05, 3.63) is 0 Å². The lowest BCUT2D eigenvalue weighted by molar-refractivity contribution is -0.139. The molecule has 1 saturated carbocycles. The van der Waals surface area contributed by atoms with Crippen molar-refractivity contribution in [3.8, 4) is 0 Å². The number of imide groups is 1. The third-order valence-corrected chi connectivity index (χ3v) is 6.29. The molecule has 1 atom stereocenters. The maximum Gasteiger partial charge on any atom is 0.344 e. The van der Waals surface area contributed by atoms with E-state index >= 15 is 0 Å². The average molecular weight is 409 g/mol. The predicted molar refractivity (Wildman–Crippen MR) is 96.9 cm³/mol. The summed E-state index contributed by atoms with van der Waals surface area (Å²) >= 11 is 1.15. The van der Waals surface area contributed by atoms with Gasteiger partial charge in [-0.25, -0.2) is 9.48 Å². The molecule has 3 fully saturated rings. The number of nitrogens with zero attached hydrogens (tertiary/aromatic N) is 5. The van der Waals surface area contributed by atoms with E-state index in [0.717, 1.165) is 55.5 Å². The summed E-state index contributed by atoms with van der Waals surface area (Å²) in [5, 5.41) is 15.6. The zero-order valence-corrected chi connectivity index (χ0v) is 16.2. The topological polar surface area (TPSA) is 131 Å². The molecule has 11 nitrogen and oxygen atoms in total. The minimum Gasteiger partial charge on any atom is -0.376 e. The molecule has 3 aliphatic rings. The third kappa shape index (κ3) is 3.83. The summed E-state index contributed by atoms with van der Waals surface area (Å²) in [7, 11) is 0. The highest BCUT2D eigenvalue weighted by molar-refractivity contribution is 7.99. The van der Waals surface area contributed by atoms with Crippen LogP contribution in [0.4, 0.5) is 4.79 Å². The zero-order valence-electron chi connectivity index (χ0n) is 15.4. The van der Waals surface area contributed by atoms with E-state index in [1.807, 2.05) is 0 Å². The second kappa shape index (κ2) is 8.03. The van der Waals surface area contributed by atoms with Gasteiger partial charge in [0.25, 0.3) is 5.91 Å². The van der Waals surface area contributed by atoms with E-state index in [1.54, 1.807) is 4.68 Å². The summed E-state index contributed by atoms with van der Waals surface area (Å²) in [6.45, 7) is 1.28. The van der Waals surface area contributed by atoms with Gasteiger partial charge in [-0.15, -0.1) is 5.10 Å².